The molecule has 1 aliphatic heterocycles. The van der Waals surface area contributed by atoms with Gasteiger partial charge in [-0.25, -0.2) is 4.79 Å². The van der Waals surface area contributed by atoms with Crippen LogP contribution in [0.3, 0.4) is 0 Å². The van der Waals surface area contributed by atoms with Crippen molar-refractivity contribution in [1.82, 2.24) is 15.1 Å². The van der Waals surface area contributed by atoms with Gasteiger partial charge in [0.1, 0.15) is 0 Å². The summed E-state index contributed by atoms with van der Waals surface area (Å²) in [6, 6.07) is 12.3. The molecule has 0 saturated carbocycles. The summed E-state index contributed by atoms with van der Waals surface area (Å²) in [5.74, 6) is -0.117. The monoisotopic (exact) mass is 536 g/mol. The highest BCUT2D eigenvalue weighted by atomic mass is 35.5. The van der Waals surface area contributed by atoms with E-state index in [0.29, 0.717) is 40.4 Å². The molecule has 1 aliphatic rings. The van der Waals surface area contributed by atoms with Gasteiger partial charge in [0.05, 0.1) is 10.0 Å². The number of halogens is 3. The molecule has 0 aliphatic carbocycles. The van der Waals surface area contributed by atoms with Crippen molar-refractivity contribution in [1.29, 1.82) is 0 Å². The topological polar surface area (TPSA) is 64.7 Å². The minimum atomic E-state index is -0.117. The molecule has 0 unspecified atom stereocenters. The maximum absolute atomic E-state index is 12.4. The van der Waals surface area contributed by atoms with Crippen LogP contribution in [0.2, 0.25) is 15.1 Å². The van der Waals surface area contributed by atoms with Crippen molar-refractivity contribution < 1.29 is 9.59 Å². The number of benzene rings is 2. The first-order valence-corrected chi connectivity index (χ1v) is 13.0. The van der Waals surface area contributed by atoms with Gasteiger partial charge >= 0.3 is 6.03 Å². The smallest absolute Gasteiger partial charge is 0.321 e. The van der Waals surface area contributed by atoms with Crippen LogP contribution >= 0.6 is 34.8 Å². The van der Waals surface area contributed by atoms with Gasteiger partial charge in [-0.1, -0.05) is 59.8 Å². The second-order valence-corrected chi connectivity index (χ2v) is 9.73. The number of urea groups is 1. The number of rotatable bonds is 10. The van der Waals surface area contributed by atoms with Gasteiger partial charge < -0.3 is 15.5 Å². The van der Waals surface area contributed by atoms with E-state index in [1.54, 1.807) is 30.3 Å². The second-order valence-electron chi connectivity index (χ2n) is 8.48. The molecular formula is C26H31Cl3N4O2. The molecule has 0 spiro atoms. The number of carbonyl (C=O) groups is 2. The summed E-state index contributed by atoms with van der Waals surface area (Å²) >= 11 is 17.9. The third kappa shape index (κ3) is 9.73. The fourth-order valence-electron chi connectivity index (χ4n) is 3.82. The number of unbranched alkanes of at least 4 members (excludes halogenated alkanes) is 3. The third-order valence-electron chi connectivity index (χ3n) is 5.81. The molecule has 0 radical (unpaired) electrons. The van der Waals surface area contributed by atoms with Gasteiger partial charge in [-0.15, -0.1) is 0 Å². The molecule has 1 saturated heterocycles. The average molecular weight is 538 g/mol. The molecular weight excluding hydrogens is 507 g/mol. The molecule has 1 heterocycles. The standard InChI is InChI=1S/C26H31Cl3N4O2/c27-21-6-5-7-22(19-21)31-26(35)33-16-14-32(15-17-33)13-4-2-1-3-12-30-25(34)11-9-20-8-10-23(28)24(29)18-20/h5-11,18-19H,1-4,12-17H2,(H,30,34)(H,31,35)/b11-9+. The maximum Gasteiger partial charge on any atom is 0.321 e. The Labute approximate surface area is 222 Å². The normalized spacial score (nSPS) is 14.3. The largest absolute Gasteiger partial charge is 0.353 e. The molecule has 3 rings (SSSR count). The Kier molecular flexibility index (Phi) is 11.2. The van der Waals surface area contributed by atoms with Crippen molar-refractivity contribution in [2.45, 2.75) is 25.7 Å². The Morgan fingerprint density at radius 2 is 1.66 bits per heavy atom. The number of carbonyl (C=O) groups excluding carboxylic acids is 2. The lowest BCUT2D eigenvalue weighted by Crippen LogP contribution is -2.50. The van der Waals surface area contributed by atoms with Crippen LogP contribution in [0.1, 0.15) is 31.2 Å². The Bertz CT molecular complexity index is 1020. The van der Waals surface area contributed by atoms with Crippen molar-refractivity contribution in [3.05, 3.63) is 69.2 Å². The molecule has 6 nitrogen and oxygen atoms in total. The van der Waals surface area contributed by atoms with Crippen LogP contribution in [0, 0.1) is 0 Å². The highest BCUT2D eigenvalue weighted by Crippen LogP contribution is 2.23. The van der Waals surface area contributed by atoms with Crippen LogP contribution in [0.5, 0.6) is 0 Å². The van der Waals surface area contributed by atoms with Gasteiger partial charge in [0.15, 0.2) is 0 Å². The van der Waals surface area contributed by atoms with E-state index in [1.165, 1.54) is 6.08 Å². The summed E-state index contributed by atoms with van der Waals surface area (Å²) < 4.78 is 0. The van der Waals surface area contributed by atoms with E-state index in [2.05, 4.69) is 15.5 Å². The zero-order chi connectivity index (χ0) is 25.0. The van der Waals surface area contributed by atoms with Gasteiger partial charge in [-0.05, 0) is 61.4 Å². The van der Waals surface area contributed by atoms with Gasteiger partial charge in [0.25, 0.3) is 0 Å². The fraction of sp³-hybridized carbons (Fsp3) is 0.385. The van der Waals surface area contributed by atoms with E-state index in [-0.39, 0.29) is 11.9 Å². The van der Waals surface area contributed by atoms with Crippen LogP contribution < -0.4 is 10.6 Å². The molecule has 3 amide bonds. The maximum atomic E-state index is 12.4. The first-order valence-electron chi connectivity index (χ1n) is 11.9. The summed E-state index contributed by atoms with van der Waals surface area (Å²) in [6.07, 6.45) is 7.47. The Morgan fingerprint density at radius 3 is 2.40 bits per heavy atom. The Hall–Kier alpha value is -2.25. The lowest BCUT2D eigenvalue weighted by Gasteiger charge is -2.34. The van der Waals surface area contributed by atoms with Crippen molar-refractivity contribution in [2.24, 2.45) is 0 Å². The van der Waals surface area contributed by atoms with Crippen LogP contribution in [0.4, 0.5) is 10.5 Å². The number of nitrogens with zero attached hydrogens (tertiary/aromatic N) is 2. The molecule has 2 aromatic carbocycles. The number of hydrogen-bond acceptors (Lipinski definition) is 3. The Morgan fingerprint density at radius 1 is 0.886 bits per heavy atom. The van der Waals surface area contributed by atoms with Crippen LogP contribution in [-0.2, 0) is 4.79 Å². The van der Waals surface area contributed by atoms with Crippen molar-refractivity contribution in [3.63, 3.8) is 0 Å². The number of anilines is 1. The van der Waals surface area contributed by atoms with Gasteiger partial charge in [-0.3, -0.25) is 9.69 Å². The SMILES string of the molecule is O=C(/C=C/c1ccc(Cl)c(Cl)c1)NCCCCCCN1CCN(C(=O)Nc2cccc(Cl)c2)CC1. The second kappa shape index (κ2) is 14.3. The van der Waals surface area contributed by atoms with Crippen LogP contribution in [-0.4, -0.2) is 61.0 Å². The van der Waals surface area contributed by atoms with Crippen molar-refractivity contribution >= 4 is 58.5 Å². The molecule has 35 heavy (non-hydrogen) atoms. The predicted octanol–water partition coefficient (Wildman–Crippen LogP) is 6.19. The number of piperazine rings is 1. The quantitative estimate of drug-likeness (QED) is 0.281. The zero-order valence-electron chi connectivity index (χ0n) is 19.6. The van der Waals surface area contributed by atoms with Crippen molar-refractivity contribution in [2.75, 3.05) is 44.6 Å². The summed E-state index contributed by atoms with van der Waals surface area (Å²) in [5, 5.41) is 7.38. The minimum Gasteiger partial charge on any atom is -0.353 e. The van der Waals surface area contributed by atoms with Gasteiger partial charge in [0.2, 0.25) is 5.91 Å². The van der Waals surface area contributed by atoms with E-state index in [9.17, 15) is 9.59 Å². The van der Waals surface area contributed by atoms with E-state index >= 15 is 0 Å². The third-order valence-corrected chi connectivity index (χ3v) is 6.78. The first kappa shape index (κ1) is 27.3. The fourth-order valence-corrected chi connectivity index (χ4v) is 4.31. The number of hydrogen-bond donors (Lipinski definition) is 2. The Balaban J connectivity index is 1.21. The molecule has 2 N–H and O–H groups in total. The molecule has 0 atom stereocenters. The molecule has 188 valence electrons. The van der Waals surface area contributed by atoms with E-state index in [4.69, 9.17) is 34.8 Å². The predicted molar refractivity (Wildman–Crippen MR) is 145 cm³/mol. The summed E-state index contributed by atoms with van der Waals surface area (Å²) in [7, 11) is 0. The first-order chi connectivity index (χ1) is 16.9. The average Bonchev–Trinajstić information content (AvgIpc) is 2.84. The highest BCUT2D eigenvalue weighted by Gasteiger charge is 2.20. The molecule has 0 bridgehead atoms. The van der Waals surface area contributed by atoms with Gasteiger partial charge in [0, 0.05) is 49.5 Å². The zero-order valence-corrected chi connectivity index (χ0v) is 21.9. The van der Waals surface area contributed by atoms with E-state index in [0.717, 1.165) is 50.9 Å². The lowest BCUT2D eigenvalue weighted by atomic mass is 10.1. The molecule has 2 aromatic rings. The minimum absolute atomic E-state index is 0.0826. The van der Waals surface area contributed by atoms with Crippen LogP contribution in [0.25, 0.3) is 6.08 Å². The molecule has 1 fully saturated rings. The summed E-state index contributed by atoms with van der Waals surface area (Å²) in [4.78, 5) is 28.6. The number of amides is 3. The van der Waals surface area contributed by atoms with E-state index in [1.807, 2.05) is 23.1 Å². The van der Waals surface area contributed by atoms with Crippen molar-refractivity contribution in [3.8, 4) is 0 Å². The lowest BCUT2D eigenvalue weighted by molar-refractivity contribution is -0.116. The molecule has 0 aromatic heterocycles. The number of nitrogens with one attached hydrogen (secondary N) is 2. The van der Waals surface area contributed by atoms with E-state index < -0.39 is 0 Å². The molecule has 9 heteroatoms. The van der Waals surface area contributed by atoms with Gasteiger partial charge in [-0.2, -0.15) is 0 Å². The summed E-state index contributed by atoms with van der Waals surface area (Å²) in [6.45, 7) is 4.88. The highest BCUT2D eigenvalue weighted by molar-refractivity contribution is 6.42. The van der Waals surface area contributed by atoms with Crippen LogP contribution in [0.15, 0.2) is 48.5 Å². The summed E-state index contributed by atoms with van der Waals surface area (Å²) in [5.41, 5.74) is 1.54.